The first-order valence-electron chi connectivity index (χ1n) is 30.4. The summed E-state index contributed by atoms with van der Waals surface area (Å²) in [6.07, 6.45) is 2.36. The van der Waals surface area contributed by atoms with Crippen LogP contribution in [-0.2, 0) is 21.7 Å². The summed E-state index contributed by atoms with van der Waals surface area (Å²) < 4.78 is 2.81. The number of rotatable bonds is 8. The van der Waals surface area contributed by atoms with Crippen LogP contribution in [-0.4, -0.2) is 14.8 Å². The molecular formula is C79H75BN2SSi. The summed E-state index contributed by atoms with van der Waals surface area (Å²) in [7, 11) is -2.71. The van der Waals surface area contributed by atoms with Gasteiger partial charge in [-0.05, 0) is 172 Å². The molecule has 5 heteroatoms. The van der Waals surface area contributed by atoms with Crippen LogP contribution >= 0.6 is 11.3 Å². The number of nitrogens with zero attached hydrogens (tertiary/aromatic N) is 2. The summed E-state index contributed by atoms with van der Waals surface area (Å²) in [6, 6.07) is 88.9. The van der Waals surface area contributed by atoms with E-state index in [2.05, 4.69) is 316 Å². The SMILES string of the molecule is Cc1cc2c3c(c1)N(c1ccc(C(C)(C)C)cc1)c1c(sc4cc5c(cc14)C(C)(C)CCC5(C)C)B3c1cc(C(C)(C)C)ccc1N2c1ccc(-c2ccc([Si](c3ccccc3)(c3ccccc3)c3ccccc3)cc2)cc1-c1ccccc1. The van der Waals surface area contributed by atoms with Crippen LogP contribution in [0.15, 0.2) is 231 Å². The van der Waals surface area contributed by atoms with E-state index in [1.807, 2.05) is 11.3 Å². The summed E-state index contributed by atoms with van der Waals surface area (Å²) in [4.78, 5) is 5.31. The number of anilines is 6. The van der Waals surface area contributed by atoms with E-state index >= 15 is 0 Å². The molecule has 0 atom stereocenters. The Labute approximate surface area is 504 Å². The van der Waals surface area contributed by atoms with Crippen molar-refractivity contribution < 1.29 is 0 Å². The number of benzene rings is 10. The van der Waals surface area contributed by atoms with E-state index in [4.69, 9.17) is 0 Å². The van der Waals surface area contributed by atoms with E-state index in [0.29, 0.717) is 0 Å². The molecule has 3 aliphatic rings. The van der Waals surface area contributed by atoms with Gasteiger partial charge in [0, 0.05) is 43.2 Å². The minimum atomic E-state index is -2.71. The van der Waals surface area contributed by atoms with Gasteiger partial charge < -0.3 is 9.80 Å². The van der Waals surface area contributed by atoms with Crippen LogP contribution in [0, 0.1) is 6.92 Å². The van der Waals surface area contributed by atoms with Gasteiger partial charge in [-0.2, -0.15) is 0 Å². The van der Waals surface area contributed by atoms with Crippen molar-refractivity contribution in [3.8, 4) is 22.3 Å². The number of thiophene rings is 1. The number of hydrogen-bond acceptors (Lipinski definition) is 3. The Balaban J connectivity index is 0.995. The first-order valence-corrected chi connectivity index (χ1v) is 33.2. The maximum absolute atomic E-state index is 2.71. The van der Waals surface area contributed by atoms with Crippen molar-refractivity contribution in [1.29, 1.82) is 0 Å². The Morgan fingerprint density at radius 3 is 1.49 bits per heavy atom. The fraction of sp³-hybridized carbons (Fsp3) is 0.215. The zero-order valence-corrected chi connectivity index (χ0v) is 52.6. The molecule has 11 aromatic rings. The molecule has 84 heavy (non-hydrogen) atoms. The van der Waals surface area contributed by atoms with Gasteiger partial charge in [0.1, 0.15) is 0 Å². The molecule has 3 heterocycles. The quantitative estimate of drug-likeness (QED) is 0.111. The molecule has 0 N–H and O–H groups in total. The molecule has 2 nitrogen and oxygen atoms in total. The Hall–Kier alpha value is -7.96. The Kier molecular flexibility index (Phi) is 12.7. The van der Waals surface area contributed by atoms with Gasteiger partial charge in [-0.3, -0.25) is 0 Å². The van der Waals surface area contributed by atoms with Gasteiger partial charge in [0.25, 0.3) is 6.71 Å². The molecule has 0 radical (unpaired) electrons. The van der Waals surface area contributed by atoms with Crippen LogP contribution < -0.4 is 46.2 Å². The van der Waals surface area contributed by atoms with E-state index in [0.717, 1.165) is 0 Å². The van der Waals surface area contributed by atoms with Crippen molar-refractivity contribution in [3.63, 3.8) is 0 Å². The van der Waals surface area contributed by atoms with Crippen molar-refractivity contribution >= 4 is 107 Å². The fourth-order valence-electron chi connectivity index (χ4n) is 14.5. The highest BCUT2D eigenvalue weighted by atomic mass is 32.1. The Morgan fingerprint density at radius 1 is 0.440 bits per heavy atom. The molecule has 0 unspecified atom stereocenters. The first-order chi connectivity index (χ1) is 40.3. The normalized spacial score (nSPS) is 15.1. The van der Waals surface area contributed by atoms with Crippen molar-refractivity contribution in [1.82, 2.24) is 0 Å². The highest BCUT2D eigenvalue weighted by Gasteiger charge is 2.48. The van der Waals surface area contributed by atoms with E-state index in [1.165, 1.54) is 144 Å². The van der Waals surface area contributed by atoms with Gasteiger partial charge >= 0.3 is 0 Å². The fourth-order valence-corrected chi connectivity index (χ4v) is 20.6. The van der Waals surface area contributed by atoms with Crippen molar-refractivity contribution in [2.45, 2.75) is 111 Å². The average Bonchev–Trinajstić information content (AvgIpc) is 1.47. The average molecular weight is 1120 g/mol. The molecule has 0 fully saturated rings. The molecule has 0 bridgehead atoms. The van der Waals surface area contributed by atoms with Gasteiger partial charge in [-0.1, -0.05) is 245 Å². The minimum absolute atomic E-state index is 0.0102. The second kappa shape index (κ2) is 19.8. The standard InChI is InChI=1S/C79H75BN2SSi/c1-52-46-70-73-71(47-52)82(68-42-34-55(48-63(68)54-24-16-12-17-25-54)53-32-40-62(41-33-53)84(59-26-18-13-19-27-59,60-28-20-14-21-29-60)61-30-22-15-23-31-61)69-43-37-57(77(5,6)7)49-67(69)80(73)75-74(81(70)58-38-35-56(36-39-58)76(2,3)4)64-50-65-66(51-72(64)83-75)79(10,11)45-44-78(65,8)9/h12-43,46-51H,44-45H2,1-11H3. The minimum Gasteiger partial charge on any atom is -0.311 e. The lowest BCUT2D eigenvalue weighted by atomic mass is 9.36. The molecule has 1 aliphatic carbocycles. The lowest BCUT2D eigenvalue weighted by Crippen LogP contribution is -2.74. The topological polar surface area (TPSA) is 6.48 Å². The van der Waals surface area contributed by atoms with Gasteiger partial charge in [0.05, 0.1) is 11.4 Å². The molecule has 2 aliphatic heterocycles. The van der Waals surface area contributed by atoms with Crippen LogP contribution in [0.1, 0.15) is 110 Å². The third kappa shape index (κ3) is 8.70. The molecule has 1 aromatic heterocycles. The van der Waals surface area contributed by atoms with Crippen LogP contribution in [0.4, 0.5) is 34.1 Å². The molecule has 0 saturated heterocycles. The molecule has 14 rings (SSSR count). The number of hydrogen-bond donors (Lipinski definition) is 0. The maximum Gasteiger partial charge on any atom is 0.264 e. The maximum atomic E-state index is 2.67. The third-order valence-corrected chi connectivity index (χ3v) is 25.2. The lowest BCUT2D eigenvalue weighted by molar-refractivity contribution is 0.332. The number of fused-ring (bicyclic) bond motifs is 7. The van der Waals surface area contributed by atoms with E-state index in [9.17, 15) is 0 Å². The predicted octanol–water partition coefficient (Wildman–Crippen LogP) is 16.9. The first kappa shape index (κ1) is 54.0. The van der Waals surface area contributed by atoms with Crippen LogP contribution in [0.25, 0.3) is 32.3 Å². The largest absolute Gasteiger partial charge is 0.311 e. The zero-order chi connectivity index (χ0) is 58.1. The van der Waals surface area contributed by atoms with Crippen molar-refractivity contribution in [2.75, 3.05) is 9.80 Å². The predicted molar refractivity (Wildman–Crippen MR) is 368 cm³/mol. The van der Waals surface area contributed by atoms with Crippen LogP contribution in [0.3, 0.4) is 0 Å². The highest BCUT2D eigenvalue weighted by molar-refractivity contribution is 7.33. The van der Waals surface area contributed by atoms with Gasteiger partial charge in [-0.15, -0.1) is 11.3 Å². The zero-order valence-electron chi connectivity index (χ0n) is 50.7. The lowest BCUT2D eigenvalue weighted by Gasteiger charge is -2.44. The number of aryl methyl sites for hydroxylation is 1. The molecule has 0 spiro atoms. The van der Waals surface area contributed by atoms with Crippen LogP contribution in [0.5, 0.6) is 0 Å². The molecule has 10 aromatic carbocycles. The van der Waals surface area contributed by atoms with E-state index in [-0.39, 0.29) is 28.4 Å². The second-order valence-corrected chi connectivity index (χ2v) is 32.5. The summed E-state index contributed by atoms with van der Waals surface area (Å²) in [5, 5.41) is 6.85. The smallest absolute Gasteiger partial charge is 0.264 e. The summed E-state index contributed by atoms with van der Waals surface area (Å²) >= 11 is 2.04. The monoisotopic (exact) mass is 1120 g/mol. The summed E-state index contributed by atoms with van der Waals surface area (Å²) in [5.74, 6) is 0. The Bertz CT molecular complexity index is 4220. The van der Waals surface area contributed by atoms with E-state index in [1.54, 1.807) is 0 Å². The molecular weight excluding hydrogens is 1050 g/mol. The summed E-state index contributed by atoms with van der Waals surface area (Å²) in [6.45, 7) is 26.3. The van der Waals surface area contributed by atoms with Crippen molar-refractivity contribution in [3.05, 3.63) is 258 Å². The summed E-state index contributed by atoms with van der Waals surface area (Å²) in [5.41, 5.74) is 22.0. The molecule has 0 saturated carbocycles. The van der Waals surface area contributed by atoms with Crippen LogP contribution in [0.2, 0.25) is 0 Å². The van der Waals surface area contributed by atoms with E-state index < -0.39 is 8.07 Å². The molecule has 0 amide bonds. The highest BCUT2D eigenvalue weighted by Crippen LogP contribution is 2.53. The van der Waals surface area contributed by atoms with Gasteiger partial charge in [0.2, 0.25) is 0 Å². The molecule has 414 valence electrons. The second-order valence-electron chi connectivity index (χ2n) is 27.6. The van der Waals surface area contributed by atoms with Crippen molar-refractivity contribution in [2.24, 2.45) is 0 Å². The Morgan fingerprint density at radius 2 is 0.929 bits per heavy atom. The van der Waals surface area contributed by atoms with Gasteiger partial charge in [-0.25, -0.2) is 0 Å². The van der Waals surface area contributed by atoms with Gasteiger partial charge in [0.15, 0.2) is 8.07 Å². The third-order valence-electron chi connectivity index (χ3n) is 19.2.